The van der Waals surface area contributed by atoms with Gasteiger partial charge >= 0.3 is 0 Å². The van der Waals surface area contributed by atoms with Gasteiger partial charge in [-0.3, -0.25) is 4.98 Å². The van der Waals surface area contributed by atoms with Crippen LogP contribution in [-0.2, 0) is 6.61 Å². The van der Waals surface area contributed by atoms with Gasteiger partial charge in [0.25, 0.3) is 0 Å². The largest absolute Gasteiger partial charge is 0.487 e. The molecule has 0 bridgehead atoms. The quantitative estimate of drug-likeness (QED) is 0.395. The van der Waals surface area contributed by atoms with Crippen LogP contribution in [0.2, 0.25) is 10.0 Å². The Morgan fingerprint density at radius 2 is 2.00 bits per heavy atom. The predicted octanol–water partition coefficient (Wildman–Crippen LogP) is 6.32. The number of fused-ring (bicyclic) bond motifs is 1. The molecule has 2 aromatic heterocycles. The summed E-state index contributed by atoms with van der Waals surface area (Å²) in [6, 6.07) is 7.81. The van der Waals surface area contributed by atoms with Gasteiger partial charge in [-0.2, -0.15) is 0 Å². The zero-order valence-electron chi connectivity index (χ0n) is 13.3. The highest BCUT2D eigenvalue weighted by Gasteiger charge is 2.12. The molecule has 1 aromatic carbocycles. The number of aryl methyl sites for hydroxylation is 1. The van der Waals surface area contributed by atoms with E-state index in [4.69, 9.17) is 27.9 Å². The van der Waals surface area contributed by atoms with E-state index in [1.165, 1.54) is 11.8 Å². The van der Waals surface area contributed by atoms with Crippen LogP contribution in [0.1, 0.15) is 11.3 Å². The Labute approximate surface area is 165 Å². The van der Waals surface area contributed by atoms with Gasteiger partial charge in [-0.15, -0.1) is 12.6 Å². The molecule has 0 N–H and O–H groups in total. The van der Waals surface area contributed by atoms with Crippen LogP contribution in [0, 0.1) is 6.92 Å². The Hall–Kier alpha value is -1.40. The Morgan fingerprint density at radius 3 is 2.68 bits per heavy atom. The molecular weight excluding hydrogens is 395 g/mol. The number of benzene rings is 1. The van der Waals surface area contributed by atoms with Crippen molar-refractivity contribution in [3.05, 3.63) is 68.8 Å². The molecule has 2 heterocycles. The van der Waals surface area contributed by atoms with Crippen molar-refractivity contribution in [1.82, 2.24) is 9.97 Å². The number of pyridine rings is 2. The predicted molar refractivity (Wildman–Crippen MR) is 109 cm³/mol. The molecule has 0 aliphatic carbocycles. The fourth-order valence-corrected chi connectivity index (χ4v) is 3.89. The third-order valence-corrected chi connectivity index (χ3v) is 5.16. The first-order valence-corrected chi connectivity index (χ1v) is 9.34. The molecule has 128 valence electrons. The van der Waals surface area contributed by atoms with E-state index < -0.39 is 0 Å². The smallest absolute Gasteiger partial charge is 0.146 e. The number of nitrogens with zero attached hydrogens (tertiary/aromatic N) is 2. The second-order valence-corrected chi connectivity index (χ2v) is 8.07. The van der Waals surface area contributed by atoms with Gasteiger partial charge in [0.15, 0.2) is 0 Å². The SMILES string of the molecule is C=C(S)Sc1cc(C)nc2c(OCc3c(Cl)cncc3Cl)cccc12. The number of thiol groups is 1. The fraction of sp³-hybridized carbons (Fsp3) is 0.111. The third kappa shape index (κ3) is 4.23. The van der Waals surface area contributed by atoms with E-state index in [2.05, 4.69) is 29.2 Å². The number of rotatable bonds is 5. The van der Waals surface area contributed by atoms with Crippen LogP contribution >= 0.6 is 47.6 Å². The number of aromatic nitrogens is 2. The summed E-state index contributed by atoms with van der Waals surface area (Å²) in [5.74, 6) is 0.664. The highest BCUT2D eigenvalue weighted by Crippen LogP contribution is 2.37. The minimum absolute atomic E-state index is 0.233. The summed E-state index contributed by atoms with van der Waals surface area (Å²) < 4.78 is 6.69. The molecule has 3 aromatic rings. The van der Waals surface area contributed by atoms with Crippen LogP contribution in [0.4, 0.5) is 0 Å². The summed E-state index contributed by atoms with van der Waals surface area (Å²) >= 11 is 18.1. The maximum Gasteiger partial charge on any atom is 0.146 e. The molecule has 0 saturated carbocycles. The highest BCUT2D eigenvalue weighted by molar-refractivity contribution is 8.15. The number of para-hydroxylation sites is 1. The molecule has 0 saturated heterocycles. The van der Waals surface area contributed by atoms with Gasteiger partial charge in [0.2, 0.25) is 0 Å². The monoisotopic (exact) mass is 408 g/mol. The van der Waals surface area contributed by atoms with Crippen molar-refractivity contribution in [3.8, 4) is 5.75 Å². The molecule has 25 heavy (non-hydrogen) atoms. The number of halogens is 2. The van der Waals surface area contributed by atoms with Gasteiger partial charge in [-0.1, -0.05) is 53.7 Å². The summed E-state index contributed by atoms with van der Waals surface area (Å²) in [6.07, 6.45) is 3.09. The average molecular weight is 409 g/mol. The molecule has 0 atom stereocenters. The lowest BCUT2D eigenvalue weighted by molar-refractivity contribution is 0.309. The van der Waals surface area contributed by atoms with Crippen molar-refractivity contribution in [1.29, 1.82) is 0 Å². The van der Waals surface area contributed by atoms with Gasteiger partial charge in [0, 0.05) is 38.2 Å². The van der Waals surface area contributed by atoms with Crippen LogP contribution in [0.5, 0.6) is 5.75 Å². The maximum atomic E-state index is 6.16. The first kappa shape index (κ1) is 18.4. The number of thioether (sulfide) groups is 1. The van der Waals surface area contributed by atoms with Crippen LogP contribution in [0.25, 0.3) is 10.9 Å². The van der Waals surface area contributed by atoms with Gasteiger partial charge in [0.1, 0.15) is 17.9 Å². The molecule has 7 heteroatoms. The van der Waals surface area contributed by atoms with Crippen LogP contribution < -0.4 is 4.74 Å². The van der Waals surface area contributed by atoms with E-state index in [0.717, 1.165) is 21.5 Å². The molecule has 0 radical (unpaired) electrons. The van der Waals surface area contributed by atoms with Gasteiger partial charge < -0.3 is 4.74 Å². The van der Waals surface area contributed by atoms with Crippen molar-refractivity contribution >= 4 is 58.5 Å². The summed E-state index contributed by atoms with van der Waals surface area (Å²) in [7, 11) is 0. The van der Waals surface area contributed by atoms with Crippen molar-refractivity contribution in [2.24, 2.45) is 0 Å². The van der Waals surface area contributed by atoms with Gasteiger partial charge in [-0.25, -0.2) is 4.98 Å². The minimum Gasteiger partial charge on any atom is -0.487 e. The molecule has 0 spiro atoms. The van der Waals surface area contributed by atoms with Crippen molar-refractivity contribution < 1.29 is 4.74 Å². The average Bonchev–Trinajstić information content (AvgIpc) is 2.54. The highest BCUT2D eigenvalue weighted by atomic mass is 35.5. The molecule has 0 fully saturated rings. The van der Waals surface area contributed by atoms with E-state index in [1.54, 1.807) is 12.4 Å². The number of hydrogen-bond acceptors (Lipinski definition) is 5. The molecule has 0 unspecified atom stereocenters. The molecular formula is C18H14Cl2N2OS2. The molecule has 0 aliphatic rings. The normalized spacial score (nSPS) is 10.9. The third-order valence-electron chi connectivity index (χ3n) is 3.44. The van der Waals surface area contributed by atoms with Gasteiger partial charge in [-0.05, 0) is 19.1 Å². The zero-order valence-corrected chi connectivity index (χ0v) is 16.5. The maximum absolute atomic E-state index is 6.16. The summed E-state index contributed by atoms with van der Waals surface area (Å²) in [5, 5.41) is 1.93. The first-order chi connectivity index (χ1) is 12.0. The van der Waals surface area contributed by atoms with Crippen molar-refractivity contribution in [2.75, 3.05) is 0 Å². The first-order valence-electron chi connectivity index (χ1n) is 7.32. The second kappa shape index (κ2) is 7.87. The second-order valence-electron chi connectivity index (χ2n) is 5.28. The molecule has 0 aliphatic heterocycles. The fourth-order valence-electron chi connectivity index (χ4n) is 2.37. The van der Waals surface area contributed by atoms with E-state index in [0.29, 0.717) is 25.6 Å². The van der Waals surface area contributed by atoms with Crippen molar-refractivity contribution in [3.63, 3.8) is 0 Å². The summed E-state index contributed by atoms with van der Waals surface area (Å²) in [6.45, 7) is 6.02. The van der Waals surface area contributed by atoms with Crippen LogP contribution in [0.3, 0.4) is 0 Å². The molecule has 3 rings (SSSR count). The van der Waals surface area contributed by atoms with Crippen LogP contribution in [-0.4, -0.2) is 9.97 Å². The van der Waals surface area contributed by atoms with E-state index >= 15 is 0 Å². The van der Waals surface area contributed by atoms with Crippen LogP contribution in [0.15, 0.2) is 52.4 Å². The van der Waals surface area contributed by atoms with E-state index in [-0.39, 0.29) is 6.61 Å². The Bertz CT molecular complexity index is 943. The Morgan fingerprint density at radius 1 is 1.28 bits per heavy atom. The van der Waals surface area contributed by atoms with Gasteiger partial charge in [0.05, 0.1) is 10.0 Å². The van der Waals surface area contributed by atoms with E-state index in [9.17, 15) is 0 Å². The lowest BCUT2D eigenvalue weighted by Gasteiger charge is -2.13. The molecule has 3 nitrogen and oxygen atoms in total. The Kier molecular flexibility index (Phi) is 5.79. The minimum atomic E-state index is 0.233. The zero-order chi connectivity index (χ0) is 18.0. The lowest BCUT2D eigenvalue weighted by atomic mass is 10.2. The molecule has 0 amide bonds. The van der Waals surface area contributed by atoms with E-state index in [1.807, 2.05) is 31.2 Å². The topological polar surface area (TPSA) is 35.0 Å². The standard InChI is InChI=1S/C18H14Cl2N2OS2/c1-10-6-17(25-11(2)24)12-4-3-5-16(18(12)22-10)23-9-13-14(19)7-21-8-15(13)20/h3-8,24H,2,9H2,1H3. The Balaban J connectivity index is 1.99. The summed E-state index contributed by atoms with van der Waals surface area (Å²) in [5.41, 5.74) is 2.36. The summed E-state index contributed by atoms with van der Waals surface area (Å²) in [4.78, 5) is 9.61. The lowest BCUT2D eigenvalue weighted by Crippen LogP contribution is -2.00. The number of ether oxygens (including phenoxy) is 1. The number of hydrogen-bond donors (Lipinski definition) is 1. The van der Waals surface area contributed by atoms with Crippen molar-refractivity contribution in [2.45, 2.75) is 18.4 Å².